The molecular weight excluding hydrogens is 398 g/mol. The summed E-state index contributed by atoms with van der Waals surface area (Å²) < 4.78 is 0.756. The van der Waals surface area contributed by atoms with Crippen LogP contribution in [0.15, 0.2) is 53.1 Å². The molecule has 0 aliphatic heterocycles. The lowest BCUT2D eigenvalue weighted by Crippen LogP contribution is -2.33. The van der Waals surface area contributed by atoms with Crippen LogP contribution in [0.1, 0.15) is 23.7 Å². The highest BCUT2D eigenvalue weighted by Gasteiger charge is 2.31. The van der Waals surface area contributed by atoms with Gasteiger partial charge < -0.3 is 5.32 Å². The zero-order valence-electron chi connectivity index (χ0n) is 14.0. The Balaban J connectivity index is 2.03. The number of nitriles is 1. The topological polar surface area (TPSA) is 99.9 Å². The summed E-state index contributed by atoms with van der Waals surface area (Å²) in [6, 6.07) is 13.4. The van der Waals surface area contributed by atoms with Crippen molar-refractivity contribution in [3.05, 3.63) is 58.7 Å². The Labute approximate surface area is 159 Å². The van der Waals surface area contributed by atoms with Crippen molar-refractivity contribution < 1.29 is 14.4 Å². The number of anilines is 1. The smallest absolute Gasteiger partial charge is 0.250 e. The van der Waals surface area contributed by atoms with Crippen molar-refractivity contribution in [2.24, 2.45) is 11.8 Å². The third-order valence-corrected chi connectivity index (χ3v) is 4.21. The molecule has 132 valence electrons. The van der Waals surface area contributed by atoms with E-state index < -0.39 is 23.5 Å². The van der Waals surface area contributed by atoms with Crippen molar-refractivity contribution in [2.75, 3.05) is 5.32 Å². The summed E-state index contributed by atoms with van der Waals surface area (Å²) >= 11 is 3.29. The second kappa shape index (κ2) is 9.02. The number of ketones is 2. The van der Waals surface area contributed by atoms with Crippen LogP contribution >= 0.6 is 15.9 Å². The molecule has 2 rings (SSSR count). The molecule has 0 radical (unpaired) electrons. The second-order valence-electron chi connectivity index (χ2n) is 5.71. The van der Waals surface area contributed by atoms with E-state index in [2.05, 4.69) is 26.2 Å². The molecule has 1 aromatic heterocycles. The lowest BCUT2D eigenvalue weighted by atomic mass is 9.89. The van der Waals surface area contributed by atoms with Crippen molar-refractivity contribution in [3.63, 3.8) is 0 Å². The third kappa shape index (κ3) is 5.07. The Hall–Kier alpha value is -2.85. The first-order valence-corrected chi connectivity index (χ1v) is 8.65. The molecule has 26 heavy (non-hydrogen) atoms. The van der Waals surface area contributed by atoms with Gasteiger partial charge in [-0.25, -0.2) is 4.98 Å². The summed E-state index contributed by atoms with van der Waals surface area (Å²) in [4.78, 5) is 40.9. The monoisotopic (exact) mass is 413 g/mol. The van der Waals surface area contributed by atoms with E-state index in [0.717, 1.165) is 4.47 Å². The lowest BCUT2D eigenvalue weighted by Gasteiger charge is -2.14. The maximum Gasteiger partial charge on any atom is 0.250 e. The number of carbonyl (C=O) groups is 3. The highest BCUT2D eigenvalue weighted by Crippen LogP contribution is 2.18. The van der Waals surface area contributed by atoms with Crippen LogP contribution in [-0.2, 0) is 9.59 Å². The molecule has 2 atom stereocenters. The normalized spacial score (nSPS) is 12.5. The van der Waals surface area contributed by atoms with Gasteiger partial charge in [-0.1, -0.05) is 41.1 Å². The number of nitrogens with one attached hydrogen (secondary N) is 1. The molecule has 0 unspecified atom stereocenters. The highest BCUT2D eigenvalue weighted by molar-refractivity contribution is 9.10. The summed E-state index contributed by atoms with van der Waals surface area (Å²) in [6.45, 7) is 1.54. The van der Waals surface area contributed by atoms with Crippen LogP contribution in [0.2, 0.25) is 0 Å². The van der Waals surface area contributed by atoms with Gasteiger partial charge in [-0.05, 0) is 24.3 Å². The second-order valence-corrected chi connectivity index (χ2v) is 6.62. The van der Waals surface area contributed by atoms with Crippen molar-refractivity contribution in [1.29, 1.82) is 5.26 Å². The minimum Gasteiger partial charge on any atom is -0.309 e. The van der Waals surface area contributed by atoms with E-state index in [1.165, 1.54) is 13.1 Å². The molecule has 6 nitrogen and oxygen atoms in total. The van der Waals surface area contributed by atoms with Gasteiger partial charge in [0.05, 0.1) is 6.07 Å². The predicted molar refractivity (Wildman–Crippen MR) is 99.2 cm³/mol. The van der Waals surface area contributed by atoms with Crippen LogP contribution in [0.5, 0.6) is 0 Å². The average Bonchev–Trinajstić information content (AvgIpc) is 2.63. The Morgan fingerprint density at radius 2 is 2.00 bits per heavy atom. The van der Waals surface area contributed by atoms with Crippen molar-refractivity contribution in [3.8, 4) is 6.07 Å². The van der Waals surface area contributed by atoms with Gasteiger partial charge in [0, 0.05) is 28.6 Å². The summed E-state index contributed by atoms with van der Waals surface area (Å²) in [7, 11) is 0. The average molecular weight is 414 g/mol. The number of rotatable bonds is 7. The molecule has 1 heterocycles. The fourth-order valence-corrected chi connectivity index (χ4v) is 2.73. The van der Waals surface area contributed by atoms with Gasteiger partial charge in [0.1, 0.15) is 5.82 Å². The van der Waals surface area contributed by atoms with Gasteiger partial charge >= 0.3 is 0 Å². The molecular formula is C19H16BrN3O3. The molecule has 0 aliphatic carbocycles. The van der Waals surface area contributed by atoms with Gasteiger partial charge in [-0.15, -0.1) is 0 Å². The van der Waals surface area contributed by atoms with E-state index in [4.69, 9.17) is 0 Å². The number of Topliss-reactive ketones (excluding diaryl/α,β-unsaturated/α-hetero) is 2. The number of nitrogens with zero attached hydrogens (tertiary/aromatic N) is 2. The Morgan fingerprint density at radius 1 is 1.23 bits per heavy atom. The number of aromatic nitrogens is 1. The van der Waals surface area contributed by atoms with Crippen LogP contribution in [0.3, 0.4) is 0 Å². The van der Waals surface area contributed by atoms with Crippen LogP contribution in [0, 0.1) is 23.2 Å². The number of amides is 1. The molecule has 0 fully saturated rings. The number of hydrogen-bond acceptors (Lipinski definition) is 5. The van der Waals surface area contributed by atoms with E-state index in [9.17, 15) is 19.6 Å². The first-order chi connectivity index (χ1) is 12.4. The van der Waals surface area contributed by atoms with E-state index in [1.807, 2.05) is 0 Å². The number of pyridine rings is 1. The predicted octanol–water partition coefficient (Wildman–Crippen LogP) is 3.40. The lowest BCUT2D eigenvalue weighted by molar-refractivity contribution is -0.131. The molecule has 1 aromatic carbocycles. The first-order valence-electron chi connectivity index (χ1n) is 7.86. The fraction of sp³-hybridized carbons (Fsp3) is 0.211. The fourth-order valence-electron chi connectivity index (χ4n) is 2.33. The van der Waals surface area contributed by atoms with Gasteiger partial charge in [0.15, 0.2) is 17.5 Å². The molecule has 2 aromatic rings. The van der Waals surface area contributed by atoms with E-state index >= 15 is 0 Å². The minimum absolute atomic E-state index is 0.0790. The van der Waals surface area contributed by atoms with Gasteiger partial charge in [0.25, 0.3) is 5.91 Å². The van der Waals surface area contributed by atoms with E-state index in [1.54, 1.807) is 48.5 Å². The molecule has 0 spiro atoms. The maximum absolute atomic E-state index is 12.5. The first kappa shape index (κ1) is 19.5. The van der Waals surface area contributed by atoms with Gasteiger partial charge in [0.2, 0.25) is 0 Å². The molecule has 1 amide bonds. The van der Waals surface area contributed by atoms with Crippen LogP contribution in [0.25, 0.3) is 0 Å². The molecule has 0 aliphatic rings. The van der Waals surface area contributed by atoms with Gasteiger partial charge in [-0.3, -0.25) is 14.4 Å². The zero-order valence-corrected chi connectivity index (χ0v) is 15.6. The van der Waals surface area contributed by atoms with Gasteiger partial charge in [-0.2, -0.15) is 5.26 Å². The Bertz CT molecular complexity index is 862. The van der Waals surface area contributed by atoms with Crippen LogP contribution in [-0.4, -0.2) is 22.5 Å². The number of hydrogen-bond donors (Lipinski definition) is 1. The third-order valence-electron chi connectivity index (χ3n) is 3.72. The van der Waals surface area contributed by atoms with E-state index in [0.29, 0.717) is 5.56 Å². The maximum atomic E-state index is 12.5. The summed E-state index contributed by atoms with van der Waals surface area (Å²) in [6.07, 6.45) is 1.41. The van der Waals surface area contributed by atoms with Crippen LogP contribution < -0.4 is 5.32 Å². The number of halogens is 1. The molecule has 0 saturated carbocycles. The quantitative estimate of drug-likeness (QED) is 0.553. The standard InChI is InChI=1S/C19H16BrN3O3/c1-12(9-16(24)13-5-4-6-14(20)10-13)18(25)15(11-21)19(26)23-17-7-2-3-8-22-17/h2-8,10,12,15H,9H2,1H3,(H,22,23,26)/t12-,15+/m0/s1. The van der Waals surface area contributed by atoms with Crippen LogP contribution in [0.4, 0.5) is 5.82 Å². The van der Waals surface area contributed by atoms with Crippen molar-refractivity contribution >= 4 is 39.2 Å². The zero-order chi connectivity index (χ0) is 19.1. The molecule has 1 N–H and O–H groups in total. The number of carbonyl (C=O) groups excluding carboxylic acids is 3. The SMILES string of the molecule is C[C@@H](CC(=O)c1cccc(Br)c1)C(=O)[C@@H](C#N)C(=O)Nc1ccccn1. The molecule has 0 bridgehead atoms. The van der Waals surface area contributed by atoms with Crippen molar-refractivity contribution in [1.82, 2.24) is 4.98 Å². The summed E-state index contributed by atoms with van der Waals surface area (Å²) in [5.74, 6) is -3.58. The van der Waals surface area contributed by atoms with Crippen molar-refractivity contribution in [2.45, 2.75) is 13.3 Å². The largest absolute Gasteiger partial charge is 0.309 e. The summed E-state index contributed by atoms with van der Waals surface area (Å²) in [5.41, 5.74) is 0.463. The Morgan fingerprint density at radius 3 is 2.62 bits per heavy atom. The number of benzene rings is 1. The molecule has 0 saturated heterocycles. The minimum atomic E-state index is -1.50. The Kier molecular flexibility index (Phi) is 6.75. The summed E-state index contributed by atoms with van der Waals surface area (Å²) in [5, 5.41) is 11.7. The van der Waals surface area contributed by atoms with E-state index in [-0.39, 0.29) is 18.0 Å². The molecule has 7 heteroatoms. The highest BCUT2D eigenvalue weighted by atomic mass is 79.9.